The van der Waals surface area contributed by atoms with Crippen molar-refractivity contribution in [3.05, 3.63) is 83.2 Å². The molecule has 0 saturated carbocycles. The zero-order chi connectivity index (χ0) is 19.9. The van der Waals surface area contributed by atoms with Gasteiger partial charge in [-0.1, -0.05) is 41.6 Å². The maximum absolute atomic E-state index is 11.2. The van der Waals surface area contributed by atoms with Crippen molar-refractivity contribution in [1.29, 1.82) is 0 Å². The van der Waals surface area contributed by atoms with Crippen molar-refractivity contribution in [2.45, 2.75) is 24.1 Å². The molecule has 0 saturated heterocycles. The minimum Gasteiger partial charge on any atom is -0.486 e. The third kappa shape index (κ3) is 5.15. The highest BCUT2D eigenvalue weighted by molar-refractivity contribution is 7.98. The first-order valence-electron chi connectivity index (χ1n) is 8.49. The second kappa shape index (κ2) is 9.43. The largest absolute Gasteiger partial charge is 0.486 e. The molecule has 0 fully saturated rings. The number of hydrogen-bond donors (Lipinski definition) is 1. The molecule has 28 heavy (non-hydrogen) atoms. The number of ether oxygens (including phenoxy) is 1. The number of rotatable bonds is 9. The molecule has 0 unspecified atom stereocenters. The predicted molar refractivity (Wildman–Crippen MR) is 111 cm³/mol. The molecule has 6 nitrogen and oxygen atoms in total. The molecule has 144 valence electrons. The summed E-state index contributed by atoms with van der Waals surface area (Å²) in [5.74, 6) is 1.67. The fourth-order valence-electron chi connectivity index (χ4n) is 2.44. The number of amides is 1. The van der Waals surface area contributed by atoms with Gasteiger partial charge in [0.05, 0.1) is 0 Å². The molecule has 0 aliphatic rings. The second-order valence-electron chi connectivity index (χ2n) is 5.89. The zero-order valence-electron chi connectivity index (χ0n) is 15.0. The highest BCUT2D eigenvalue weighted by atomic mass is 35.5. The minimum atomic E-state index is -0.435. The molecule has 0 atom stereocenters. The van der Waals surface area contributed by atoms with E-state index in [1.165, 1.54) is 0 Å². The van der Waals surface area contributed by atoms with Crippen LogP contribution in [0.15, 0.2) is 66.3 Å². The summed E-state index contributed by atoms with van der Waals surface area (Å²) in [6.45, 7) is 4.67. The van der Waals surface area contributed by atoms with E-state index in [9.17, 15) is 4.79 Å². The summed E-state index contributed by atoms with van der Waals surface area (Å²) < 4.78 is 7.74. The lowest BCUT2D eigenvalue weighted by Gasteiger charge is -2.09. The topological polar surface area (TPSA) is 83.0 Å². The summed E-state index contributed by atoms with van der Waals surface area (Å²) in [5.41, 5.74) is 6.82. The van der Waals surface area contributed by atoms with Crippen LogP contribution in [0.1, 0.15) is 21.7 Å². The van der Waals surface area contributed by atoms with Gasteiger partial charge in [0.2, 0.25) is 5.91 Å². The number of carbonyl (C=O) groups excluding carboxylic acids is 1. The van der Waals surface area contributed by atoms with Crippen molar-refractivity contribution >= 4 is 29.3 Å². The first-order valence-corrected chi connectivity index (χ1v) is 9.86. The molecule has 0 spiro atoms. The van der Waals surface area contributed by atoms with Gasteiger partial charge in [0.1, 0.15) is 12.4 Å². The van der Waals surface area contributed by atoms with E-state index in [2.05, 4.69) is 16.8 Å². The standard InChI is InChI=1S/C20H19ClN4O2S/c1-2-11-25-18(12-27-17-9-7-16(21)8-10-17)23-24-20(25)28-13-14-3-5-15(6-4-14)19(22)26/h2-10H,1,11-13H2,(H2,22,26). The summed E-state index contributed by atoms with van der Waals surface area (Å²) in [7, 11) is 0. The Balaban J connectivity index is 1.66. The van der Waals surface area contributed by atoms with Crippen LogP contribution < -0.4 is 10.5 Å². The quantitative estimate of drug-likeness (QED) is 0.421. The molecule has 0 bridgehead atoms. The number of primary amides is 1. The predicted octanol–water partition coefficient (Wildman–Crippen LogP) is 4.09. The number of halogens is 1. The Bertz CT molecular complexity index is 955. The van der Waals surface area contributed by atoms with Crippen molar-refractivity contribution in [2.24, 2.45) is 5.73 Å². The average molecular weight is 415 g/mol. The van der Waals surface area contributed by atoms with Gasteiger partial charge in [-0.05, 0) is 42.0 Å². The number of hydrogen-bond acceptors (Lipinski definition) is 5. The monoisotopic (exact) mass is 414 g/mol. The smallest absolute Gasteiger partial charge is 0.248 e. The van der Waals surface area contributed by atoms with Crippen LogP contribution in [-0.4, -0.2) is 20.7 Å². The van der Waals surface area contributed by atoms with E-state index in [1.54, 1.807) is 42.1 Å². The van der Waals surface area contributed by atoms with Gasteiger partial charge < -0.3 is 10.5 Å². The van der Waals surface area contributed by atoms with Gasteiger partial charge in [-0.3, -0.25) is 9.36 Å². The van der Waals surface area contributed by atoms with Crippen LogP contribution in [-0.2, 0) is 18.9 Å². The van der Waals surface area contributed by atoms with Crippen LogP contribution in [0.5, 0.6) is 5.75 Å². The highest BCUT2D eigenvalue weighted by Gasteiger charge is 2.13. The molecule has 2 aromatic carbocycles. The third-order valence-corrected chi connectivity index (χ3v) is 5.18. The van der Waals surface area contributed by atoms with Crippen LogP contribution in [0.4, 0.5) is 0 Å². The lowest BCUT2D eigenvalue weighted by molar-refractivity contribution is 0.100. The molecule has 3 rings (SSSR count). The average Bonchev–Trinajstić information content (AvgIpc) is 3.08. The van der Waals surface area contributed by atoms with Gasteiger partial charge in [-0.2, -0.15) is 0 Å². The van der Waals surface area contributed by atoms with Crippen LogP contribution in [0.2, 0.25) is 5.02 Å². The molecule has 3 aromatic rings. The number of nitrogens with zero attached hydrogens (tertiary/aromatic N) is 3. The number of thioether (sulfide) groups is 1. The Morgan fingerprint density at radius 1 is 1.18 bits per heavy atom. The van der Waals surface area contributed by atoms with E-state index < -0.39 is 5.91 Å². The first-order chi connectivity index (χ1) is 13.6. The van der Waals surface area contributed by atoms with E-state index in [1.807, 2.05) is 28.8 Å². The number of nitrogens with two attached hydrogens (primary N) is 1. The van der Waals surface area contributed by atoms with Gasteiger partial charge >= 0.3 is 0 Å². The van der Waals surface area contributed by atoms with Gasteiger partial charge in [-0.25, -0.2) is 0 Å². The summed E-state index contributed by atoms with van der Waals surface area (Å²) in [5, 5.41) is 9.95. The summed E-state index contributed by atoms with van der Waals surface area (Å²) in [6, 6.07) is 14.4. The van der Waals surface area contributed by atoms with Gasteiger partial charge in [0.25, 0.3) is 0 Å². The first kappa shape index (κ1) is 20.0. The number of carbonyl (C=O) groups is 1. The fraction of sp³-hybridized carbons (Fsp3) is 0.150. The van der Waals surface area contributed by atoms with Gasteiger partial charge in [0.15, 0.2) is 11.0 Å². The summed E-state index contributed by atoms with van der Waals surface area (Å²) >= 11 is 7.44. The Labute approximate surface area is 172 Å². The molecular weight excluding hydrogens is 396 g/mol. The Morgan fingerprint density at radius 3 is 2.54 bits per heavy atom. The van der Waals surface area contributed by atoms with E-state index in [0.29, 0.717) is 34.5 Å². The number of aromatic nitrogens is 3. The lowest BCUT2D eigenvalue weighted by atomic mass is 10.1. The van der Waals surface area contributed by atoms with Crippen molar-refractivity contribution in [2.75, 3.05) is 0 Å². The minimum absolute atomic E-state index is 0.288. The molecule has 1 amide bonds. The molecule has 1 aromatic heterocycles. The van der Waals surface area contributed by atoms with E-state index in [4.69, 9.17) is 22.1 Å². The van der Waals surface area contributed by atoms with Crippen molar-refractivity contribution in [1.82, 2.24) is 14.8 Å². The maximum atomic E-state index is 11.2. The number of allylic oxidation sites excluding steroid dienone is 1. The van der Waals surface area contributed by atoms with Crippen LogP contribution >= 0.6 is 23.4 Å². The molecule has 1 heterocycles. The summed E-state index contributed by atoms with van der Waals surface area (Å²) in [4.78, 5) is 11.2. The van der Waals surface area contributed by atoms with Crippen molar-refractivity contribution in [3.63, 3.8) is 0 Å². The van der Waals surface area contributed by atoms with Crippen LogP contribution in [0, 0.1) is 0 Å². The van der Waals surface area contributed by atoms with Crippen LogP contribution in [0.25, 0.3) is 0 Å². The third-order valence-electron chi connectivity index (χ3n) is 3.89. The van der Waals surface area contributed by atoms with Crippen molar-refractivity contribution < 1.29 is 9.53 Å². The van der Waals surface area contributed by atoms with Gasteiger partial charge in [0, 0.05) is 22.9 Å². The normalized spacial score (nSPS) is 10.6. The fourth-order valence-corrected chi connectivity index (χ4v) is 3.49. The molecule has 0 radical (unpaired) electrons. The molecule has 8 heteroatoms. The zero-order valence-corrected chi connectivity index (χ0v) is 16.6. The SMILES string of the molecule is C=CCn1c(COc2ccc(Cl)cc2)nnc1SCc1ccc(C(N)=O)cc1. The second-order valence-corrected chi connectivity index (χ2v) is 7.27. The molecule has 2 N–H and O–H groups in total. The summed E-state index contributed by atoms with van der Waals surface area (Å²) in [6.07, 6.45) is 1.79. The van der Waals surface area contributed by atoms with E-state index >= 15 is 0 Å². The van der Waals surface area contributed by atoms with Crippen molar-refractivity contribution in [3.8, 4) is 5.75 Å². The molecule has 0 aliphatic carbocycles. The molecular formula is C20H19ClN4O2S. The lowest BCUT2D eigenvalue weighted by Crippen LogP contribution is -2.10. The molecule has 0 aliphatic heterocycles. The number of benzene rings is 2. The maximum Gasteiger partial charge on any atom is 0.248 e. The van der Waals surface area contributed by atoms with E-state index in [-0.39, 0.29) is 6.61 Å². The Kier molecular flexibility index (Phi) is 6.73. The van der Waals surface area contributed by atoms with Gasteiger partial charge in [-0.15, -0.1) is 16.8 Å². The van der Waals surface area contributed by atoms with E-state index in [0.717, 1.165) is 10.7 Å². The Hall–Kier alpha value is -2.77. The van der Waals surface area contributed by atoms with Crippen LogP contribution in [0.3, 0.4) is 0 Å². The highest BCUT2D eigenvalue weighted by Crippen LogP contribution is 2.23. The Morgan fingerprint density at radius 2 is 1.89 bits per heavy atom.